The monoisotopic (exact) mass is 371 g/mol. The molecule has 3 rings (SSSR count). The second-order valence-electron chi connectivity index (χ2n) is 6.33. The highest BCUT2D eigenvalue weighted by Gasteiger charge is 2.15. The molecule has 0 N–H and O–H groups in total. The summed E-state index contributed by atoms with van der Waals surface area (Å²) in [7, 11) is 0. The molecule has 2 nitrogen and oxygen atoms in total. The van der Waals surface area contributed by atoms with Crippen LogP contribution in [0.4, 0.5) is 0 Å². The molecule has 4 heteroatoms. The number of hydrogen-bond donors (Lipinski definition) is 0. The van der Waals surface area contributed by atoms with E-state index in [-0.39, 0.29) is 0 Å². The summed E-state index contributed by atoms with van der Waals surface area (Å²) < 4.78 is 0. The van der Waals surface area contributed by atoms with E-state index in [1.165, 1.54) is 5.56 Å². The van der Waals surface area contributed by atoms with Gasteiger partial charge in [-0.1, -0.05) is 55.8 Å². The highest BCUT2D eigenvalue weighted by Crippen LogP contribution is 2.31. The first-order valence-corrected chi connectivity index (χ1v) is 9.08. The lowest BCUT2D eigenvalue weighted by Gasteiger charge is -2.12. The maximum atomic E-state index is 11.9. The number of nitrogens with zero attached hydrogens (tertiary/aromatic N) is 1. The normalized spacial score (nSPS) is 12.4. The van der Waals surface area contributed by atoms with E-state index in [1.807, 2.05) is 19.1 Å². The van der Waals surface area contributed by atoms with E-state index in [4.69, 9.17) is 28.2 Å². The summed E-state index contributed by atoms with van der Waals surface area (Å²) in [5.74, 6) is 0.514. The van der Waals surface area contributed by atoms with Gasteiger partial charge in [-0.25, -0.2) is 4.98 Å². The maximum Gasteiger partial charge on any atom is 0.253 e. The molecular formula is C21H19Cl2NO. The van der Waals surface area contributed by atoms with Crippen LogP contribution in [0.2, 0.25) is 5.02 Å². The number of aryl methyl sites for hydroxylation is 1. The SMILES string of the molecule is CC[C@H](C)c1ccc(-c2cc(C(=O)Cl)c3ccc(Cl)c(C)c3n2)cc1. The Morgan fingerprint density at radius 2 is 1.84 bits per heavy atom. The van der Waals surface area contributed by atoms with Crippen LogP contribution >= 0.6 is 23.2 Å². The summed E-state index contributed by atoms with van der Waals surface area (Å²) in [5.41, 5.74) is 4.97. The molecule has 0 aliphatic rings. The number of pyridine rings is 1. The standard InChI is InChI=1S/C21H19Cl2NO/c1-4-12(2)14-5-7-15(8-6-14)19-11-17(21(23)25)16-9-10-18(22)13(3)20(16)24-19/h5-12H,4H2,1-3H3/t12-/m0/s1. The molecule has 0 fully saturated rings. The van der Waals surface area contributed by atoms with E-state index in [9.17, 15) is 4.79 Å². The van der Waals surface area contributed by atoms with Crippen molar-refractivity contribution in [2.75, 3.05) is 0 Å². The molecule has 2 aromatic carbocycles. The van der Waals surface area contributed by atoms with Gasteiger partial charge in [0.2, 0.25) is 0 Å². The smallest absolute Gasteiger partial charge is 0.253 e. The van der Waals surface area contributed by atoms with Crippen molar-refractivity contribution >= 4 is 39.3 Å². The van der Waals surface area contributed by atoms with Crippen molar-refractivity contribution in [3.8, 4) is 11.3 Å². The first-order valence-electron chi connectivity index (χ1n) is 8.32. The van der Waals surface area contributed by atoms with E-state index in [1.54, 1.807) is 18.2 Å². The number of carbonyl (C=O) groups is 1. The van der Waals surface area contributed by atoms with Gasteiger partial charge in [-0.15, -0.1) is 0 Å². The summed E-state index contributed by atoms with van der Waals surface area (Å²) in [4.78, 5) is 16.7. The summed E-state index contributed by atoms with van der Waals surface area (Å²) >= 11 is 12.1. The molecule has 0 amide bonds. The number of fused-ring (bicyclic) bond motifs is 1. The average Bonchev–Trinajstić information content (AvgIpc) is 2.63. The first kappa shape index (κ1) is 17.9. The van der Waals surface area contributed by atoms with Crippen molar-refractivity contribution in [2.45, 2.75) is 33.1 Å². The number of halogens is 2. The Kier molecular flexibility index (Phi) is 5.12. The second-order valence-corrected chi connectivity index (χ2v) is 7.08. The average molecular weight is 372 g/mol. The zero-order valence-electron chi connectivity index (χ0n) is 14.4. The summed E-state index contributed by atoms with van der Waals surface area (Å²) in [5, 5.41) is 0.853. The van der Waals surface area contributed by atoms with Crippen molar-refractivity contribution in [2.24, 2.45) is 0 Å². The molecule has 0 bridgehead atoms. The van der Waals surface area contributed by atoms with Gasteiger partial charge in [0.05, 0.1) is 11.2 Å². The molecule has 1 atom stereocenters. The number of hydrogen-bond acceptors (Lipinski definition) is 2. The fourth-order valence-corrected chi connectivity index (χ4v) is 3.24. The minimum absolute atomic E-state index is 0.451. The summed E-state index contributed by atoms with van der Waals surface area (Å²) in [6.45, 7) is 6.28. The molecule has 25 heavy (non-hydrogen) atoms. The van der Waals surface area contributed by atoms with E-state index >= 15 is 0 Å². The minimum Gasteiger partial charge on any atom is -0.276 e. The van der Waals surface area contributed by atoms with Crippen molar-refractivity contribution in [3.63, 3.8) is 0 Å². The molecule has 0 radical (unpaired) electrons. The van der Waals surface area contributed by atoms with Gasteiger partial charge in [0, 0.05) is 21.5 Å². The van der Waals surface area contributed by atoms with E-state index in [0.29, 0.717) is 22.0 Å². The highest BCUT2D eigenvalue weighted by molar-refractivity contribution is 6.68. The van der Waals surface area contributed by atoms with Crippen LogP contribution in [0.3, 0.4) is 0 Å². The number of benzene rings is 2. The number of rotatable bonds is 4. The fraction of sp³-hybridized carbons (Fsp3) is 0.238. The second kappa shape index (κ2) is 7.15. The van der Waals surface area contributed by atoms with Gasteiger partial charge in [0.1, 0.15) is 0 Å². The third-order valence-electron chi connectivity index (χ3n) is 4.77. The topological polar surface area (TPSA) is 30.0 Å². The Balaban J connectivity index is 2.19. The molecule has 1 aromatic heterocycles. The molecule has 0 spiro atoms. The molecular weight excluding hydrogens is 353 g/mol. The first-order chi connectivity index (χ1) is 11.9. The van der Waals surface area contributed by atoms with Crippen LogP contribution in [0.1, 0.15) is 47.7 Å². The van der Waals surface area contributed by atoms with Crippen molar-refractivity contribution < 1.29 is 4.79 Å². The summed E-state index contributed by atoms with van der Waals surface area (Å²) in [6.07, 6.45) is 1.09. The lowest BCUT2D eigenvalue weighted by atomic mass is 9.96. The Morgan fingerprint density at radius 3 is 2.44 bits per heavy atom. The van der Waals surface area contributed by atoms with Gasteiger partial charge in [0.15, 0.2) is 0 Å². The molecule has 0 aliphatic carbocycles. The number of aromatic nitrogens is 1. The Morgan fingerprint density at radius 1 is 1.16 bits per heavy atom. The van der Waals surface area contributed by atoms with E-state index in [2.05, 4.69) is 26.0 Å². The fourth-order valence-electron chi connectivity index (χ4n) is 2.93. The molecule has 128 valence electrons. The van der Waals surface area contributed by atoms with Crippen LogP contribution < -0.4 is 0 Å². The van der Waals surface area contributed by atoms with E-state index < -0.39 is 5.24 Å². The molecule has 0 unspecified atom stereocenters. The molecule has 3 aromatic rings. The van der Waals surface area contributed by atoms with Gasteiger partial charge < -0.3 is 0 Å². The quantitative estimate of drug-likeness (QED) is 0.474. The largest absolute Gasteiger partial charge is 0.276 e. The van der Waals surface area contributed by atoms with Gasteiger partial charge in [-0.2, -0.15) is 0 Å². The number of carbonyl (C=O) groups excluding carboxylic acids is 1. The van der Waals surface area contributed by atoms with Crippen LogP contribution in [0.5, 0.6) is 0 Å². The minimum atomic E-state index is -0.494. The van der Waals surface area contributed by atoms with Crippen LogP contribution in [0.15, 0.2) is 42.5 Å². The summed E-state index contributed by atoms with van der Waals surface area (Å²) in [6, 6.07) is 13.6. The highest BCUT2D eigenvalue weighted by atomic mass is 35.5. The van der Waals surface area contributed by atoms with Gasteiger partial charge in [-0.3, -0.25) is 4.79 Å². The molecule has 0 aliphatic heterocycles. The van der Waals surface area contributed by atoms with Gasteiger partial charge in [0.25, 0.3) is 5.24 Å². The zero-order chi connectivity index (χ0) is 18.1. The lowest BCUT2D eigenvalue weighted by Crippen LogP contribution is -1.98. The van der Waals surface area contributed by atoms with Crippen LogP contribution in [0, 0.1) is 6.92 Å². The van der Waals surface area contributed by atoms with Crippen LogP contribution in [-0.4, -0.2) is 10.2 Å². The van der Waals surface area contributed by atoms with Gasteiger partial charge >= 0.3 is 0 Å². The van der Waals surface area contributed by atoms with Crippen LogP contribution in [0.25, 0.3) is 22.2 Å². The Hall–Kier alpha value is -1.90. The Labute approximate surface area is 157 Å². The van der Waals surface area contributed by atoms with Crippen LogP contribution in [-0.2, 0) is 0 Å². The van der Waals surface area contributed by atoms with E-state index in [0.717, 1.165) is 28.6 Å². The molecule has 0 saturated carbocycles. The maximum absolute atomic E-state index is 11.9. The van der Waals surface area contributed by atoms with Crippen molar-refractivity contribution in [1.29, 1.82) is 0 Å². The van der Waals surface area contributed by atoms with Crippen molar-refractivity contribution in [3.05, 3.63) is 64.2 Å². The lowest BCUT2D eigenvalue weighted by molar-refractivity contribution is 0.108. The Bertz CT molecular complexity index is 948. The predicted octanol–water partition coefficient (Wildman–Crippen LogP) is 6.76. The predicted molar refractivity (Wildman–Crippen MR) is 106 cm³/mol. The molecule has 1 heterocycles. The zero-order valence-corrected chi connectivity index (χ0v) is 15.9. The molecule has 0 saturated heterocycles. The van der Waals surface area contributed by atoms with Crippen molar-refractivity contribution in [1.82, 2.24) is 4.98 Å². The van der Waals surface area contributed by atoms with Gasteiger partial charge in [-0.05, 0) is 54.1 Å². The third kappa shape index (κ3) is 3.42. The third-order valence-corrected chi connectivity index (χ3v) is 5.38.